The van der Waals surface area contributed by atoms with Gasteiger partial charge in [-0.15, -0.1) is 0 Å². The highest BCUT2D eigenvalue weighted by atomic mass is 16.3. The molecule has 1 saturated heterocycles. The van der Waals surface area contributed by atoms with Crippen LogP contribution in [-0.4, -0.2) is 30.4 Å². The van der Waals surface area contributed by atoms with Gasteiger partial charge in [0.15, 0.2) is 0 Å². The molecular formula is C8H16NO2. The average Bonchev–Trinajstić information content (AvgIpc) is 2.04. The summed E-state index contributed by atoms with van der Waals surface area (Å²) in [6.45, 7) is 2.61. The maximum absolute atomic E-state index is 10.6. The van der Waals surface area contributed by atoms with Gasteiger partial charge >= 0.3 is 0 Å². The first-order chi connectivity index (χ1) is 5.25. The van der Waals surface area contributed by atoms with Crippen molar-refractivity contribution in [3.05, 3.63) is 0 Å². The lowest BCUT2D eigenvalue weighted by Crippen LogP contribution is -2.49. The molecule has 1 rings (SSSR count). The van der Waals surface area contributed by atoms with E-state index >= 15 is 0 Å². The van der Waals surface area contributed by atoms with Crippen LogP contribution in [0.3, 0.4) is 0 Å². The van der Waals surface area contributed by atoms with Crippen molar-refractivity contribution in [2.75, 3.05) is 13.2 Å². The highest BCUT2D eigenvalue weighted by Gasteiger charge is 2.27. The standard InChI is InChI=1S/C8H16NO2/c1-6(11)8-7(5-10)3-2-4-9-8/h6-9,11H,2-5H2,1H3. The Morgan fingerprint density at radius 3 is 2.91 bits per heavy atom. The number of hydrogen-bond donors (Lipinski definition) is 2. The minimum atomic E-state index is -0.394. The zero-order chi connectivity index (χ0) is 8.27. The van der Waals surface area contributed by atoms with Crippen LogP contribution < -0.4 is 5.32 Å². The van der Waals surface area contributed by atoms with E-state index in [1.807, 2.05) is 0 Å². The minimum Gasteiger partial charge on any atom is -0.392 e. The van der Waals surface area contributed by atoms with Crippen LogP contribution in [0, 0.1) is 5.92 Å². The summed E-state index contributed by atoms with van der Waals surface area (Å²) < 4.78 is 0. The molecule has 0 spiro atoms. The van der Waals surface area contributed by atoms with Crippen LogP contribution in [0.2, 0.25) is 0 Å². The molecule has 1 aliphatic heterocycles. The fourth-order valence-corrected chi connectivity index (χ4v) is 1.73. The predicted molar refractivity (Wildman–Crippen MR) is 41.7 cm³/mol. The van der Waals surface area contributed by atoms with Gasteiger partial charge in [0.1, 0.15) is 0 Å². The van der Waals surface area contributed by atoms with Gasteiger partial charge in [-0.05, 0) is 26.3 Å². The topological polar surface area (TPSA) is 52.2 Å². The normalized spacial score (nSPS) is 35.2. The van der Waals surface area contributed by atoms with Gasteiger partial charge in [0, 0.05) is 12.0 Å². The SMILES string of the molecule is CC(O)C1NCCCC1C[O]. The molecular weight excluding hydrogens is 142 g/mol. The molecule has 1 fully saturated rings. The van der Waals surface area contributed by atoms with E-state index in [1.54, 1.807) is 6.92 Å². The van der Waals surface area contributed by atoms with Crippen molar-refractivity contribution in [3.8, 4) is 0 Å². The van der Waals surface area contributed by atoms with Gasteiger partial charge < -0.3 is 10.4 Å². The Bertz CT molecular complexity index is 117. The van der Waals surface area contributed by atoms with E-state index in [-0.39, 0.29) is 18.6 Å². The Labute approximate surface area is 67.4 Å². The lowest BCUT2D eigenvalue weighted by molar-refractivity contribution is 0.0440. The number of aliphatic hydroxyl groups excluding tert-OH is 1. The lowest BCUT2D eigenvalue weighted by Gasteiger charge is -2.32. The Morgan fingerprint density at radius 1 is 1.73 bits per heavy atom. The van der Waals surface area contributed by atoms with Crippen molar-refractivity contribution in [1.29, 1.82) is 0 Å². The Kier molecular flexibility index (Phi) is 3.30. The van der Waals surface area contributed by atoms with Gasteiger partial charge in [-0.3, -0.25) is 0 Å². The first-order valence-corrected chi connectivity index (χ1v) is 4.25. The summed E-state index contributed by atoms with van der Waals surface area (Å²) in [4.78, 5) is 0. The smallest absolute Gasteiger partial charge is 0.0866 e. The summed E-state index contributed by atoms with van der Waals surface area (Å²) in [5.74, 6) is 0.128. The second-order valence-electron chi connectivity index (χ2n) is 3.29. The molecule has 0 saturated carbocycles. The van der Waals surface area contributed by atoms with Crippen molar-refractivity contribution < 1.29 is 10.2 Å². The summed E-state index contributed by atoms with van der Waals surface area (Å²) in [5, 5.41) is 23.1. The summed E-state index contributed by atoms with van der Waals surface area (Å²) in [5.41, 5.74) is 0. The molecule has 1 heterocycles. The first kappa shape index (κ1) is 8.97. The van der Waals surface area contributed by atoms with Crippen molar-refractivity contribution >= 4 is 0 Å². The van der Waals surface area contributed by atoms with Crippen molar-refractivity contribution in [3.63, 3.8) is 0 Å². The number of rotatable bonds is 2. The average molecular weight is 158 g/mol. The molecule has 3 nitrogen and oxygen atoms in total. The van der Waals surface area contributed by atoms with Gasteiger partial charge in [-0.2, -0.15) is 0 Å². The van der Waals surface area contributed by atoms with E-state index in [1.165, 1.54) is 0 Å². The van der Waals surface area contributed by atoms with Gasteiger partial charge in [0.25, 0.3) is 0 Å². The predicted octanol–water partition coefficient (Wildman–Crippen LogP) is 0.166. The molecule has 1 radical (unpaired) electrons. The largest absolute Gasteiger partial charge is 0.392 e. The van der Waals surface area contributed by atoms with Gasteiger partial charge in [0.05, 0.1) is 12.7 Å². The molecule has 3 atom stereocenters. The van der Waals surface area contributed by atoms with Crippen LogP contribution >= 0.6 is 0 Å². The van der Waals surface area contributed by atoms with Crippen molar-refractivity contribution in [2.24, 2.45) is 5.92 Å². The van der Waals surface area contributed by atoms with Gasteiger partial charge in [-0.25, -0.2) is 5.11 Å². The molecule has 1 aliphatic rings. The van der Waals surface area contributed by atoms with Gasteiger partial charge in [-0.1, -0.05) is 0 Å². The molecule has 3 unspecified atom stereocenters. The number of piperidine rings is 1. The molecule has 11 heavy (non-hydrogen) atoms. The second-order valence-corrected chi connectivity index (χ2v) is 3.29. The van der Waals surface area contributed by atoms with Gasteiger partial charge in [0.2, 0.25) is 0 Å². The highest BCUT2D eigenvalue weighted by molar-refractivity contribution is 4.84. The molecule has 0 amide bonds. The molecule has 0 aromatic rings. The number of hydrogen-bond acceptors (Lipinski definition) is 2. The molecule has 0 aromatic carbocycles. The Hall–Kier alpha value is -0.120. The van der Waals surface area contributed by atoms with E-state index in [2.05, 4.69) is 5.32 Å². The Morgan fingerprint density at radius 2 is 2.45 bits per heavy atom. The van der Waals surface area contributed by atoms with Crippen LogP contribution in [0.5, 0.6) is 0 Å². The minimum absolute atomic E-state index is 0.0289. The molecule has 0 bridgehead atoms. The molecule has 0 aliphatic carbocycles. The quantitative estimate of drug-likeness (QED) is 0.601. The fraction of sp³-hybridized carbons (Fsp3) is 1.00. The zero-order valence-electron chi connectivity index (χ0n) is 6.92. The van der Waals surface area contributed by atoms with E-state index < -0.39 is 6.10 Å². The van der Waals surface area contributed by atoms with Crippen LogP contribution in [0.4, 0.5) is 0 Å². The van der Waals surface area contributed by atoms with Crippen LogP contribution in [0.15, 0.2) is 0 Å². The van der Waals surface area contributed by atoms with Crippen LogP contribution in [0.25, 0.3) is 0 Å². The number of nitrogens with one attached hydrogen (secondary N) is 1. The van der Waals surface area contributed by atoms with E-state index in [0.717, 1.165) is 19.4 Å². The molecule has 2 N–H and O–H groups in total. The summed E-state index contributed by atoms with van der Waals surface area (Å²) in [6.07, 6.45) is 1.64. The fourth-order valence-electron chi connectivity index (χ4n) is 1.73. The first-order valence-electron chi connectivity index (χ1n) is 4.25. The van der Waals surface area contributed by atoms with Crippen LogP contribution in [0.1, 0.15) is 19.8 Å². The highest BCUT2D eigenvalue weighted by Crippen LogP contribution is 2.18. The molecule has 3 heteroatoms. The van der Waals surface area contributed by atoms with E-state index in [0.29, 0.717) is 0 Å². The third-order valence-electron chi connectivity index (χ3n) is 2.37. The molecule has 0 aromatic heterocycles. The second kappa shape index (κ2) is 4.04. The zero-order valence-corrected chi connectivity index (χ0v) is 6.92. The summed E-state index contributed by atoms with van der Waals surface area (Å²) in [6, 6.07) is 0.0289. The maximum Gasteiger partial charge on any atom is 0.0866 e. The number of aliphatic hydroxyl groups is 1. The van der Waals surface area contributed by atoms with Crippen LogP contribution in [-0.2, 0) is 5.11 Å². The maximum atomic E-state index is 10.6. The van der Waals surface area contributed by atoms with E-state index in [4.69, 9.17) is 0 Å². The third kappa shape index (κ3) is 2.15. The monoisotopic (exact) mass is 158 g/mol. The van der Waals surface area contributed by atoms with E-state index in [9.17, 15) is 10.2 Å². The van der Waals surface area contributed by atoms with Crippen molar-refractivity contribution in [1.82, 2.24) is 5.32 Å². The lowest BCUT2D eigenvalue weighted by atomic mass is 9.89. The third-order valence-corrected chi connectivity index (χ3v) is 2.37. The summed E-state index contributed by atoms with van der Waals surface area (Å²) >= 11 is 0. The Balaban J connectivity index is 2.44. The van der Waals surface area contributed by atoms with Crippen molar-refractivity contribution in [2.45, 2.75) is 31.9 Å². The molecule has 65 valence electrons. The summed E-state index contributed by atoms with van der Waals surface area (Å²) in [7, 11) is 0.